The van der Waals surface area contributed by atoms with Gasteiger partial charge in [-0.3, -0.25) is 14.6 Å². The number of aromatic nitrogens is 4. The van der Waals surface area contributed by atoms with Gasteiger partial charge < -0.3 is 25.7 Å². The first-order valence-electron chi connectivity index (χ1n) is 9.96. The Morgan fingerprint density at radius 2 is 1.97 bits per heavy atom. The van der Waals surface area contributed by atoms with Crippen LogP contribution in [0.5, 0.6) is 5.75 Å². The number of hydrogen-bond donors (Lipinski definition) is 4. The number of fused-ring (bicyclic) bond motifs is 2. The summed E-state index contributed by atoms with van der Waals surface area (Å²) in [5, 5.41) is 8.93. The fourth-order valence-electron chi connectivity index (χ4n) is 3.45. The van der Waals surface area contributed by atoms with E-state index in [0.29, 0.717) is 29.0 Å². The van der Waals surface area contributed by atoms with Gasteiger partial charge >= 0.3 is 0 Å². The molecule has 10 nitrogen and oxygen atoms in total. The number of pyridine rings is 1. The van der Waals surface area contributed by atoms with Crippen LogP contribution >= 0.6 is 0 Å². The van der Waals surface area contributed by atoms with E-state index in [1.807, 2.05) is 18.2 Å². The minimum Gasteiger partial charge on any atom is -0.482 e. The lowest BCUT2D eigenvalue weighted by molar-refractivity contribution is -0.118. The molecule has 0 spiro atoms. The van der Waals surface area contributed by atoms with Gasteiger partial charge in [-0.05, 0) is 35.4 Å². The molecule has 1 aliphatic heterocycles. The zero-order valence-electron chi connectivity index (χ0n) is 16.9. The second-order valence-corrected chi connectivity index (χ2v) is 7.21. The first-order chi connectivity index (χ1) is 15.7. The number of carbonyl (C=O) groups is 2. The molecule has 4 aromatic rings. The molecule has 0 radical (unpaired) electrons. The number of ether oxygens (including phenoxy) is 1. The summed E-state index contributed by atoms with van der Waals surface area (Å²) < 4.78 is 5.35. The van der Waals surface area contributed by atoms with E-state index in [1.165, 1.54) is 6.33 Å². The zero-order valence-corrected chi connectivity index (χ0v) is 16.9. The summed E-state index contributed by atoms with van der Waals surface area (Å²) in [6.07, 6.45) is 6.61. The Balaban J connectivity index is 1.29. The fraction of sp³-hybridized carbons (Fsp3) is 0.136. The van der Waals surface area contributed by atoms with Crippen molar-refractivity contribution in [3.8, 4) is 5.75 Å². The number of carbonyl (C=O) groups excluding carboxylic acids is 2. The quantitative estimate of drug-likeness (QED) is 0.369. The number of H-pyrrole nitrogens is 1. The van der Waals surface area contributed by atoms with E-state index in [-0.39, 0.29) is 30.7 Å². The van der Waals surface area contributed by atoms with Crippen LogP contribution in [0.25, 0.3) is 11.0 Å². The van der Waals surface area contributed by atoms with E-state index in [0.717, 1.165) is 16.8 Å². The van der Waals surface area contributed by atoms with Crippen LogP contribution in [0.15, 0.2) is 55.2 Å². The third-order valence-corrected chi connectivity index (χ3v) is 5.04. The molecule has 1 aliphatic rings. The lowest BCUT2D eigenvalue weighted by Crippen LogP contribution is -2.26. The van der Waals surface area contributed by atoms with Gasteiger partial charge in [0.25, 0.3) is 11.8 Å². The summed E-state index contributed by atoms with van der Waals surface area (Å²) in [7, 11) is 0. The first kappa shape index (κ1) is 19.5. The number of hydrogen-bond acceptors (Lipinski definition) is 7. The lowest BCUT2D eigenvalue weighted by atomic mass is 10.1. The van der Waals surface area contributed by atoms with E-state index in [2.05, 4.69) is 35.9 Å². The number of rotatable bonds is 6. The minimum absolute atomic E-state index is 0.00232. The molecule has 0 bridgehead atoms. The van der Waals surface area contributed by atoms with Crippen LogP contribution in [-0.4, -0.2) is 38.4 Å². The fourth-order valence-corrected chi connectivity index (χ4v) is 3.45. The highest BCUT2D eigenvalue weighted by molar-refractivity contribution is 6.05. The first-order valence-corrected chi connectivity index (χ1v) is 9.96. The van der Waals surface area contributed by atoms with Crippen molar-refractivity contribution in [3.63, 3.8) is 0 Å². The van der Waals surface area contributed by atoms with Crippen LogP contribution in [0, 0.1) is 0 Å². The Labute approximate surface area is 182 Å². The number of nitrogens with one attached hydrogen (secondary N) is 4. The van der Waals surface area contributed by atoms with Crippen molar-refractivity contribution in [2.75, 3.05) is 17.2 Å². The van der Waals surface area contributed by atoms with Crippen LogP contribution in [-0.2, 0) is 17.9 Å². The average molecular weight is 429 g/mol. The molecule has 10 heteroatoms. The van der Waals surface area contributed by atoms with E-state index < -0.39 is 0 Å². The van der Waals surface area contributed by atoms with Crippen molar-refractivity contribution in [1.82, 2.24) is 25.3 Å². The van der Waals surface area contributed by atoms with Crippen LogP contribution in [0.2, 0.25) is 0 Å². The van der Waals surface area contributed by atoms with Gasteiger partial charge in [-0.2, -0.15) is 0 Å². The van der Waals surface area contributed by atoms with Gasteiger partial charge in [0.15, 0.2) is 12.3 Å². The van der Waals surface area contributed by atoms with E-state index in [4.69, 9.17) is 4.74 Å². The van der Waals surface area contributed by atoms with Crippen molar-refractivity contribution in [2.45, 2.75) is 13.1 Å². The zero-order chi connectivity index (χ0) is 21.9. The van der Waals surface area contributed by atoms with Crippen LogP contribution < -0.4 is 20.7 Å². The molecule has 0 saturated heterocycles. The number of nitrogens with zero attached hydrogens (tertiary/aromatic N) is 3. The number of benzene rings is 1. The van der Waals surface area contributed by atoms with Crippen molar-refractivity contribution < 1.29 is 14.3 Å². The highest BCUT2D eigenvalue weighted by Gasteiger charge is 2.18. The Morgan fingerprint density at radius 3 is 2.84 bits per heavy atom. The number of anilines is 2. The van der Waals surface area contributed by atoms with Gasteiger partial charge in [0.2, 0.25) is 0 Å². The Kier molecular flexibility index (Phi) is 5.08. The summed E-state index contributed by atoms with van der Waals surface area (Å²) >= 11 is 0. The van der Waals surface area contributed by atoms with Crippen molar-refractivity contribution in [1.29, 1.82) is 0 Å². The Hall–Kier alpha value is -4.47. The molecule has 0 unspecified atom stereocenters. The number of aromatic amines is 1. The molecule has 0 atom stereocenters. The Morgan fingerprint density at radius 1 is 1.09 bits per heavy atom. The molecular weight excluding hydrogens is 410 g/mol. The maximum Gasteiger partial charge on any atom is 0.272 e. The molecule has 0 saturated carbocycles. The maximum absolute atomic E-state index is 12.8. The molecule has 4 N–H and O–H groups in total. The smallest absolute Gasteiger partial charge is 0.272 e. The summed E-state index contributed by atoms with van der Waals surface area (Å²) in [5.74, 6) is 0.0652. The second-order valence-electron chi connectivity index (χ2n) is 7.21. The number of amides is 2. The van der Waals surface area contributed by atoms with Crippen LogP contribution in [0.4, 0.5) is 11.4 Å². The average Bonchev–Trinajstić information content (AvgIpc) is 3.25. The van der Waals surface area contributed by atoms with E-state index in [1.54, 1.807) is 30.7 Å². The highest BCUT2D eigenvalue weighted by Crippen LogP contribution is 2.28. The highest BCUT2D eigenvalue weighted by atomic mass is 16.5. The van der Waals surface area contributed by atoms with E-state index in [9.17, 15) is 9.59 Å². The molecule has 0 fully saturated rings. The normalized spacial score (nSPS) is 12.6. The van der Waals surface area contributed by atoms with Gasteiger partial charge in [0.05, 0.1) is 16.9 Å². The van der Waals surface area contributed by atoms with Crippen molar-refractivity contribution in [3.05, 3.63) is 72.1 Å². The van der Waals surface area contributed by atoms with Crippen LogP contribution in [0.3, 0.4) is 0 Å². The lowest BCUT2D eigenvalue weighted by Gasteiger charge is -2.18. The SMILES string of the molecule is O=C1COc2ccc(CNC(=O)c3ncnc4c(NCc5ccncc5)c[nH]c34)cc2N1. The third kappa shape index (κ3) is 3.93. The summed E-state index contributed by atoms with van der Waals surface area (Å²) in [5.41, 5.74) is 4.69. The maximum atomic E-state index is 12.8. The summed E-state index contributed by atoms with van der Waals surface area (Å²) in [4.78, 5) is 39.9. The summed E-state index contributed by atoms with van der Waals surface area (Å²) in [6, 6.07) is 9.23. The third-order valence-electron chi connectivity index (χ3n) is 5.04. The second kappa shape index (κ2) is 8.34. The summed E-state index contributed by atoms with van der Waals surface area (Å²) in [6.45, 7) is 0.864. The molecule has 160 valence electrons. The minimum atomic E-state index is -0.335. The molecule has 0 aliphatic carbocycles. The monoisotopic (exact) mass is 429 g/mol. The molecule has 1 aromatic carbocycles. The van der Waals surface area contributed by atoms with Crippen molar-refractivity contribution >= 4 is 34.2 Å². The topological polar surface area (TPSA) is 134 Å². The predicted octanol–water partition coefficient (Wildman–Crippen LogP) is 2.23. The molecule has 32 heavy (non-hydrogen) atoms. The molecule has 3 aromatic heterocycles. The van der Waals surface area contributed by atoms with Gasteiger partial charge in [0.1, 0.15) is 17.6 Å². The molecule has 2 amide bonds. The Bertz CT molecular complexity index is 1300. The van der Waals surface area contributed by atoms with Gasteiger partial charge in [0, 0.05) is 31.7 Å². The molecular formula is C22H19N7O3. The van der Waals surface area contributed by atoms with Crippen LogP contribution in [0.1, 0.15) is 21.6 Å². The van der Waals surface area contributed by atoms with Gasteiger partial charge in [-0.15, -0.1) is 0 Å². The van der Waals surface area contributed by atoms with Gasteiger partial charge in [-0.1, -0.05) is 6.07 Å². The van der Waals surface area contributed by atoms with Gasteiger partial charge in [-0.25, -0.2) is 9.97 Å². The largest absolute Gasteiger partial charge is 0.482 e. The van der Waals surface area contributed by atoms with E-state index >= 15 is 0 Å². The standard InChI is InChI=1S/C22H19N7O3/c30-18-11-32-17-2-1-14(7-15(17)29-18)9-26-22(31)21-20-19(27-12-28-21)16(10-25-20)24-8-13-3-5-23-6-4-13/h1-7,10,12,24-25H,8-9,11H2,(H,26,31)(H,29,30). The predicted molar refractivity (Wildman–Crippen MR) is 117 cm³/mol. The van der Waals surface area contributed by atoms with Crippen molar-refractivity contribution in [2.24, 2.45) is 0 Å². The molecule has 5 rings (SSSR count). The molecule has 4 heterocycles.